The molecule has 3 aromatic carbocycles. The highest BCUT2D eigenvalue weighted by Gasteiger charge is 2.16. The SMILES string of the molecule is CC(C)C[C@@H](Cc1ccc(-c2ccccc2)cc1)NC(=O)CCC(=O)OCc1ccccc1. The van der Waals surface area contributed by atoms with Crippen molar-refractivity contribution in [2.75, 3.05) is 0 Å². The Morgan fingerprint density at radius 3 is 2.00 bits per heavy atom. The van der Waals surface area contributed by atoms with Gasteiger partial charge in [0.25, 0.3) is 0 Å². The zero-order valence-corrected chi connectivity index (χ0v) is 19.5. The molecule has 1 amide bonds. The highest BCUT2D eigenvalue weighted by Crippen LogP contribution is 2.20. The van der Waals surface area contributed by atoms with Crippen molar-refractivity contribution in [3.8, 4) is 11.1 Å². The predicted octanol–water partition coefficient (Wildman–Crippen LogP) is 5.95. The first-order chi connectivity index (χ1) is 16.0. The van der Waals surface area contributed by atoms with Gasteiger partial charge in [-0.2, -0.15) is 0 Å². The average Bonchev–Trinajstić information content (AvgIpc) is 2.82. The van der Waals surface area contributed by atoms with Crippen LogP contribution < -0.4 is 5.32 Å². The number of carbonyl (C=O) groups excluding carboxylic acids is 2. The lowest BCUT2D eigenvalue weighted by Crippen LogP contribution is -2.37. The Bertz CT molecular complexity index is 998. The number of amides is 1. The van der Waals surface area contributed by atoms with E-state index >= 15 is 0 Å². The third kappa shape index (κ3) is 8.57. The summed E-state index contributed by atoms with van der Waals surface area (Å²) in [5.74, 6) is -0.0149. The lowest BCUT2D eigenvalue weighted by molar-refractivity contribution is -0.146. The van der Waals surface area contributed by atoms with Crippen LogP contribution in [0.25, 0.3) is 11.1 Å². The first kappa shape index (κ1) is 24.2. The maximum Gasteiger partial charge on any atom is 0.306 e. The minimum absolute atomic E-state index is 0.0282. The molecule has 0 aliphatic rings. The lowest BCUT2D eigenvalue weighted by atomic mass is 9.95. The van der Waals surface area contributed by atoms with Gasteiger partial charge in [0.05, 0.1) is 6.42 Å². The molecule has 0 unspecified atom stereocenters. The fraction of sp³-hybridized carbons (Fsp3) is 0.310. The minimum atomic E-state index is -0.356. The molecule has 172 valence electrons. The third-order valence-electron chi connectivity index (χ3n) is 5.46. The van der Waals surface area contributed by atoms with Crippen molar-refractivity contribution in [3.63, 3.8) is 0 Å². The van der Waals surface area contributed by atoms with E-state index in [0.29, 0.717) is 5.92 Å². The maximum atomic E-state index is 12.5. The van der Waals surface area contributed by atoms with Crippen molar-refractivity contribution in [1.82, 2.24) is 5.32 Å². The molecule has 0 saturated carbocycles. The van der Waals surface area contributed by atoms with E-state index in [2.05, 4.69) is 55.6 Å². The van der Waals surface area contributed by atoms with E-state index in [9.17, 15) is 9.59 Å². The fourth-order valence-corrected chi connectivity index (χ4v) is 3.84. The lowest BCUT2D eigenvalue weighted by Gasteiger charge is -2.21. The summed E-state index contributed by atoms with van der Waals surface area (Å²) in [7, 11) is 0. The smallest absolute Gasteiger partial charge is 0.306 e. The van der Waals surface area contributed by atoms with Crippen molar-refractivity contribution in [2.24, 2.45) is 5.92 Å². The largest absolute Gasteiger partial charge is 0.461 e. The predicted molar refractivity (Wildman–Crippen MR) is 132 cm³/mol. The maximum absolute atomic E-state index is 12.5. The Hall–Kier alpha value is -3.40. The van der Waals surface area contributed by atoms with Gasteiger partial charge in [0.2, 0.25) is 5.91 Å². The quantitative estimate of drug-likeness (QED) is 0.373. The summed E-state index contributed by atoms with van der Waals surface area (Å²) < 4.78 is 5.27. The van der Waals surface area contributed by atoms with Crippen molar-refractivity contribution in [1.29, 1.82) is 0 Å². The number of rotatable bonds is 11. The van der Waals surface area contributed by atoms with E-state index in [1.54, 1.807) is 0 Å². The van der Waals surface area contributed by atoms with Gasteiger partial charge in [0.1, 0.15) is 6.61 Å². The molecule has 4 heteroatoms. The molecule has 4 nitrogen and oxygen atoms in total. The number of hydrogen-bond donors (Lipinski definition) is 1. The highest BCUT2D eigenvalue weighted by atomic mass is 16.5. The van der Waals surface area contributed by atoms with Gasteiger partial charge >= 0.3 is 5.97 Å². The number of carbonyl (C=O) groups is 2. The second-order valence-corrected chi connectivity index (χ2v) is 8.81. The average molecular weight is 444 g/mol. The van der Waals surface area contributed by atoms with Gasteiger partial charge in [-0.15, -0.1) is 0 Å². The number of benzene rings is 3. The topological polar surface area (TPSA) is 55.4 Å². The van der Waals surface area contributed by atoms with E-state index in [1.807, 2.05) is 48.5 Å². The van der Waals surface area contributed by atoms with E-state index < -0.39 is 0 Å². The van der Waals surface area contributed by atoms with E-state index in [0.717, 1.165) is 18.4 Å². The summed E-state index contributed by atoms with van der Waals surface area (Å²) in [4.78, 5) is 24.5. The first-order valence-electron chi connectivity index (χ1n) is 11.6. The second-order valence-electron chi connectivity index (χ2n) is 8.81. The second kappa shape index (κ2) is 12.6. The summed E-state index contributed by atoms with van der Waals surface area (Å²) >= 11 is 0. The van der Waals surface area contributed by atoms with Crippen LogP contribution in [0.15, 0.2) is 84.9 Å². The zero-order chi connectivity index (χ0) is 23.5. The highest BCUT2D eigenvalue weighted by molar-refractivity contribution is 5.81. The summed E-state index contributed by atoms with van der Waals surface area (Å²) in [6.45, 7) is 4.54. The van der Waals surface area contributed by atoms with Crippen LogP contribution in [0.1, 0.15) is 44.2 Å². The van der Waals surface area contributed by atoms with Gasteiger partial charge in [-0.25, -0.2) is 0 Å². The van der Waals surface area contributed by atoms with Gasteiger partial charge in [-0.05, 0) is 41.0 Å². The molecule has 0 aromatic heterocycles. The van der Waals surface area contributed by atoms with Crippen LogP contribution in [0.5, 0.6) is 0 Å². The van der Waals surface area contributed by atoms with Crippen LogP contribution in [-0.4, -0.2) is 17.9 Å². The number of ether oxygens (including phenoxy) is 1. The molecule has 3 aromatic rings. The molecule has 3 rings (SSSR count). The van der Waals surface area contributed by atoms with Crippen LogP contribution in [0.3, 0.4) is 0 Å². The van der Waals surface area contributed by atoms with Crippen LogP contribution >= 0.6 is 0 Å². The van der Waals surface area contributed by atoms with Gasteiger partial charge in [-0.3, -0.25) is 9.59 Å². The molecule has 0 aliphatic carbocycles. The van der Waals surface area contributed by atoms with Crippen molar-refractivity contribution < 1.29 is 14.3 Å². The van der Waals surface area contributed by atoms with E-state index in [1.165, 1.54) is 16.7 Å². The molecule has 0 spiro atoms. The number of hydrogen-bond acceptors (Lipinski definition) is 3. The van der Waals surface area contributed by atoms with Gasteiger partial charge in [0.15, 0.2) is 0 Å². The summed E-state index contributed by atoms with van der Waals surface area (Å²) in [5.41, 5.74) is 4.49. The van der Waals surface area contributed by atoms with Crippen LogP contribution in [-0.2, 0) is 27.4 Å². The summed E-state index contributed by atoms with van der Waals surface area (Å²) in [6.07, 6.45) is 1.86. The molecule has 0 heterocycles. The van der Waals surface area contributed by atoms with Crippen molar-refractivity contribution in [3.05, 3.63) is 96.1 Å². The molecule has 0 aliphatic heterocycles. The van der Waals surface area contributed by atoms with Crippen molar-refractivity contribution in [2.45, 2.75) is 52.2 Å². The van der Waals surface area contributed by atoms with E-state index in [-0.39, 0.29) is 37.4 Å². The Labute approximate surface area is 197 Å². The van der Waals surface area contributed by atoms with Crippen molar-refractivity contribution >= 4 is 11.9 Å². The summed E-state index contributed by atoms with van der Waals surface area (Å²) in [5, 5.41) is 3.13. The molecular formula is C29H33NO3. The molecular weight excluding hydrogens is 410 g/mol. The van der Waals surface area contributed by atoms with Gasteiger partial charge in [-0.1, -0.05) is 98.8 Å². The Balaban J connectivity index is 1.49. The molecule has 1 N–H and O–H groups in total. The monoisotopic (exact) mass is 443 g/mol. The number of nitrogens with one attached hydrogen (secondary N) is 1. The number of esters is 1. The van der Waals surface area contributed by atoms with Crippen LogP contribution in [0.2, 0.25) is 0 Å². The fourth-order valence-electron chi connectivity index (χ4n) is 3.84. The Kier molecular flexibility index (Phi) is 9.25. The summed E-state index contributed by atoms with van der Waals surface area (Å²) in [6, 6.07) is 28.4. The Morgan fingerprint density at radius 2 is 1.36 bits per heavy atom. The molecule has 0 saturated heterocycles. The normalized spacial score (nSPS) is 11.7. The first-order valence-corrected chi connectivity index (χ1v) is 11.6. The molecule has 0 radical (unpaired) electrons. The molecule has 33 heavy (non-hydrogen) atoms. The Morgan fingerprint density at radius 1 is 0.758 bits per heavy atom. The van der Waals surface area contributed by atoms with Gasteiger partial charge in [0, 0.05) is 12.5 Å². The zero-order valence-electron chi connectivity index (χ0n) is 19.5. The molecule has 0 fully saturated rings. The van der Waals surface area contributed by atoms with Crippen LogP contribution in [0.4, 0.5) is 0 Å². The van der Waals surface area contributed by atoms with Crippen LogP contribution in [0, 0.1) is 5.92 Å². The molecule has 1 atom stereocenters. The third-order valence-corrected chi connectivity index (χ3v) is 5.46. The minimum Gasteiger partial charge on any atom is -0.461 e. The standard InChI is InChI=1S/C29H33NO3/c1-22(2)19-27(20-23-13-15-26(16-14-23)25-11-7-4-8-12-25)30-28(31)17-18-29(32)33-21-24-9-5-3-6-10-24/h3-16,22,27H,17-21H2,1-2H3,(H,30,31)/t27-/m0/s1. The van der Waals surface area contributed by atoms with Gasteiger partial charge < -0.3 is 10.1 Å². The van der Waals surface area contributed by atoms with E-state index in [4.69, 9.17) is 4.74 Å². The molecule has 0 bridgehead atoms.